The average Bonchev–Trinajstić information content (AvgIpc) is 3.26. The molecule has 0 spiro atoms. The average molecular weight is 423 g/mol. The molecular formula is C29H30N2O. The second kappa shape index (κ2) is 10.6. The van der Waals surface area contributed by atoms with E-state index in [1.807, 2.05) is 47.4 Å². The van der Waals surface area contributed by atoms with Crippen LogP contribution in [0.5, 0.6) is 0 Å². The van der Waals surface area contributed by atoms with Crippen LogP contribution in [-0.4, -0.2) is 28.9 Å². The smallest absolute Gasteiger partial charge is 0.230 e. The van der Waals surface area contributed by atoms with Gasteiger partial charge in [0.05, 0.1) is 5.92 Å². The number of rotatable bonds is 9. The molecule has 4 aromatic rings. The molecule has 1 amide bonds. The van der Waals surface area contributed by atoms with Gasteiger partial charge >= 0.3 is 0 Å². The maximum absolute atomic E-state index is 13.6. The van der Waals surface area contributed by atoms with Gasteiger partial charge in [0.15, 0.2) is 0 Å². The highest BCUT2D eigenvalue weighted by Gasteiger charge is 2.24. The Morgan fingerprint density at radius 3 is 2.38 bits per heavy atom. The summed E-state index contributed by atoms with van der Waals surface area (Å²) >= 11 is 0. The molecule has 1 atom stereocenters. The second-order valence-electron chi connectivity index (χ2n) is 8.08. The van der Waals surface area contributed by atoms with Crippen molar-refractivity contribution in [2.75, 3.05) is 13.1 Å². The van der Waals surface area contributed by atoms with Gasteiger partial charge in [0.2, 0.25) is 5.91 Å². The Morgan fingerprint density at radius 2 is 1.62 bits per heavy atom. The summed E-state index contributed by atoms with van der Waals surface area (Å²) in [6.07, 6.45) is 7.87. The summed E-state index contributed by atoms with van der Waals surface area (Å²) in [6.45, 7) is 3.37. The van der Waals surface area contributed by atoms with E-state index in [0.29, 0.717) is 13.1 Å². The van der Waals surface area contributed by atoms with Crippen LogP contribution in [0.2, 0.25) is 0 Å². The van der Waals surface area contributed by atoms with Crippen LogP contribution in [0, 0.1) is 0 Å². The van der Waals surface area contributed by atoms with E-state index < -0.39 is 0 Å². The number of amides is 1. The number of hydrogen-bond donors (Lipinski definition) is 1. The maximum Gasteiger partial charge on any atom is 0.230 e. The number of hydrogen-bond acceptors (Lipinski definition) is 1. The summed E-state index contributed by atoms with van der Waals surface area (Å²) in [5.74, 6) is 0.0700. The highest BCUT2D eigenvalue weighted by atomic mass is 16.2. The molecule has 4 rings (SSSR count). The molecule has 0 aliphatic rings. The van der Waals surface area contributed by atoms with E-state index in [1.165, 1.54) is 10.9 Å². The van der Waals surface area contributed by atoms with Crippen LogP contribution < -0.4 is 0 Å². The zero-order chi connectivity index (χ0) is 22.2. The fourth-order valence-corrected chi connectivity index (χ4v) is 4.22. The van der Waals surface area contributed by atoms with Crippen molar-refractivity contribution in [1.82, 2.24) is 9.88 Å². The predicted octanol–water partition coefficient (Wildman–Crippen LogP) is 6.45. The molecule has 0 aliphatic carbocycles. The number of benzene rings is 3. The van der Waals surface area contributed by atoms with E-state index in [9.17, 15) is 4.79 Å². The highest BCUT2D eigenvalue weighted by Crippen LogP contribution is 2.23. The monoisotopic (exact) mass is 422 g/mol. The van der Waals surface area contributed by atoms with Crippen molar-refractivity contribution in [2.45, 2.75) is 25.7 Å². The van der Waals surface area contributed by atoms with Crippen molar-refractivity contribution in [3.63, 3.8) is 0 Å². The van der Waals surface area contributed by atoms with Crippen LogP contribution >= 0.6 is 0 Å². The van der Waals surface area contributed by atoms with E-state index >= 15 is 0 Å². The molecule has 3 nitrogen and oxygen atoms in total. The van der Waals surface area contributed by atoms with E-state index in [4.69, 9.17) is 0 Å². The molecule has 162 valence electrons. The molecule has 0 fully saturated rings. The molecule has 1 aromatic heterocycles. The Morgan fingerprint density at radius 1 is 0.938 bits per heavy atom. The lowest BCUT2D eigenvalue weighted by atomic mass is 9.94. The lowest BCUT2D eigenvalue weighted by molar-refractivity contribution is -0.132. The van der Waals surface area contributed by atoms with Crippen molar-refractivity contribution in [1.29, 1.82) is 0 Å². The molecule has 3 aromatic carbocycles. The largest absolute Gasteiger partial charge is 0.361 e. The molecule has 0 saturated carbocycles. The molecule has 3 heteroatoms. The normalized spacial score (nSPS) is 12.3. The van der Waals surface area contributed by atoms with Crippen LogP contribution in [0.25, 0.3) is 17.0 Å². The van der Waals surface area contributed by atoms with Gasteiger partial charge < -0.3 is 9.88 Å². The van der Waals surface area contributed by atoms with Crippen molar-refractivity contribution in [3.8, 4) is 0 Å². The first-order valence-corrected chi connectivity index (χ1v) is 11.4. The lowest BCUT2D eigenvalue weighted by Gasteiger charge is -2.26. The topological polar surface area (TPSA) is 36.1 Å². The summed E-state index contributed by atoms with van der Waals surface area (Å²) in [4.78, 5) is 19.0. The minimum atomic E-state index is -0.121. The predicted molar refractivity (Wildman–Crippen MR) is 134 cm³/mol. The number of H-pyrrole nitrogens is 1. The third kappa shape index (κ3) is 5.17. The van der Waals surface area contributed by atoms with Gasteiger partial charge in [-0.15, -0.1) is 0 Å². The van der Waals surface area contributed by atoms with Gasteiger partial charge in [-0.25, -0.2) is 0 Å². The van der Waals surface area contributed by atoms with E-state index in [-0.39, 0.29) is 11.8 Å². The van der Waals surface area contributed by atoms with Crippen molar-refractivity contribution in [3.05, 3.63) is 114 Å². The third-order valence-corrected chi connectivity index (χ3v) is 5.98. The first kappa shape index (κ1) is 21.6. The van der Waals surface area contributed by atoms with Gasteiger partial charge in [0, 0.05) is 30.2 Å². The number of carbonyl (C=O) groups is 1. The third-order valence-electron chi connectivity index (χ3n) is 5.98. The Labute approximate surface area is 190 Å². The quantitative estimate of drug-likeness (QED) is 0.331. The lowest BCUT2D eigenvalue weighted by Crippen LogP contribution is -2.36. The Bertz CT molecular complexity index is 1160. The SMILES string of the molecule is CCC(C(=O)N(C/C=C/c1ccccc1)CCc1c[nH]c2ccccc12)c1ccccc1. The molecular weight excluding hydrogens is 392 g/mol. The molecule has 0 radical (unpaired) electrons. The Hall–Kier alpha value is -3.59. The first-order chi connectivity index (χ1) is 15.8. The molecule has 1 N–H and O–H groups in total. The molecule has 0 bridgehead atoms. The van der Waals surface area contributed by atoms with E-state index in [0.717, 1.165) is 29.5 Å². The minimum Gasteiger partial charge on any atom is -0.361 e. The zero-order valence-corrected chi connectivity index (χ0v) is 18.6. The van der Waals surface area contributed by atoms with Crippen LogP contribution in [0.3, 0.4) is 0 Å². The number of fused-ring (bicyclic) bond motifs is 1. The van der Waals surface area contributed by atoms with E-state index in [2.05, 4.69) is 72.7 Å². The molecule has 0 saturated heterocycles. The van der Waals surface area contributed by atoms with Gasteiger partial charge in [-0.05, 0) is 35.6 Å². The van der Waals surface area contributed by atoms with Crippen LogP contribution in [0.4, 0.5) is 0 Å². The Balaban J connectivity index is 1.53. The van der Waals surface area contributed by atoms with Crippen molar-refractivity contribution < 1.29 is 4.79 Å². The zero-order valence-electron chi connectivity index (χ0n) is 18.6. The first-order valence-electron chi connectivity index (χ1n) is 11.4. The van der Waals surface area contributed by atoms with E-state index in [1.54, 1.807) is 0 Å². The Kier molecular flexibility index (Phi) is 7.19. The molecule has 0 aliphatic heterocycles. The molecule has 1 heterocycles. The van der Waals surface area contributed by atoms with Crippen LogP contribution in [0.15, 0.2) is 97.2 Å². The minimum absolute atomic E-state index is 0.121. The summed E-state index contributed by atoms with van der Waals surface area (Å²) < 4.78 is 0. The number of aromatic amines is 1. The number of aromatic nitrogens is 1. The van der Waals surface area contributed by atoms with Crippen molar-refractivity contribution >= 4 is 22.9 Å². The summed E-state index contributed by atoms with van der Waals surface area (Å²) in [6, 6.07) is 28.7. The van der Waals surface area contributed by atoms with Crippen LogP contribution in [0.1, 0.15) is 36.0 Å². The molecule has 32 heavy (non-hydrogen) atoms. The number of nitrogens with zero attached hydrogens (tertiary/aromatic N) is 1. The fourth-order valence-electron chi connectivity index (χ4n) is 4.22. The standard InChI is InChI=1S/C29H30N2O/c1-2-26(24-15-7-4-8-16-24)29(32)31(20-11-14-23-12-5-3-6-13-23)21-19-25-22-30-28-18-10-9-17-27(25)28/h3-18,22,26,30H,2,19-21H2,1H3/b14-11+. The van der Waals surface area contributed by atoms with Gasteiger partial charge in [0.25, 0.3) is 0 Å². The van der Waals surface area contributed by atoms with Gasteiger partial charge in [-0.2, -0.15) is 0 Å². The summed E-state index contributed by atoms with van der Waals surface area (Å²) in [5, 5.41) is 1.23. The number of para-hydroxylation sites is 1. The summed E-state index contributed by atoms with van der Waals surface area (Å²) in [5.41, 5.74) is 4.62. The maximum atomic E-state index is 13.6. The van der Waals surface area contributed by atoms with Crippen LogP contribution in [-0.2, 0) is 11.2 Å². The summed E-state index contributed by atoms with van der Waals surface area (Å²) in [7, 11) is 0. The molecule has 1 unspecified atom stereocenters. The highest BCUT2D eigenvalue weighted by molar-refractivity contribution is 5.85. The second-order valence-corrected chi connectivity index (χ2v) is 8.08. The number of nitrogens with one attached hydrogen (secondary N) is 1. The van der Waals surface area contributed by atoms with Crippen molar-refractivity contribution in [2.24, 2.45) is 0 Å². The van der Waals surface area contributed by atoms with Gasteiger partial charge in [-0.1, -0.05) is 97.9 Å². The van der Waals surface area contributed by atoms with Gasteiger partial charge in [-0.3, -0.25) is 4.79 Å². The number of carbonyl (C=O) groups excluding carboxylic acids is 1. The van der Waals surface area contributed by atoms with Gasteiger partial charge in [0.1, 0.15) is 0 Å². The fraction of sp³-hybridized carbons (Fsp3) is 0.207.